The van der Waals surface area contributed by atoms with E-state index < -0.39 is 18.1 Å². The minimum Gasteiger partial charge on any atom is -0.462 e. The third-order valence-electron chi connectivity index (χ3n) is 10.1. The number of rotatable bonds is 3. The summed E-state index contributed by atoms with van der Waals surface area (Å²) in [6.07, 6.45) is 5.52. The molecule has 6 aliphatic rings. The van der Waals surface area contributed by atoms with Gasteiger partial charge in [0.1, 0.15) is 35.9 Å². The fourth-order valence-corrected chi connectivity index (χ4v) is 7.86. The van der Waals surface area contributed by atoms with Crippen molar-refractivity contribution in [3.8, 4) is 17.3 Å². The van der Waals surface area contributed by atoms with Gasteiger partial charge in [0.2, 0.25) is 0 Å². The topological polar surface area (TPSA) is 119 Å². The van der Waals surface area contributed by atoms with Gasteiger partial charge in [0.05, 0.1) is 23.7 Å². The van der Waals surface area contributed by atoms with E-state index in [1.54, 1.807) is 12.4 Å². The number of likely N-dealkylation sites (tertiary alicyclic amines) is 1. The van der Waals surface area contributed by atoms with E-state index in [1.165, 1.54) is 0 Å². The molecule has 11 nitrogen and oxygen atoms in total. The molecule has 7 bridgehead atoms. The maximum absolute atomic E-state index is 16.9. The largest absolute Gasteiger partial charge is 0.508 e. The number of carbonyl (C=O) groups is 1. The summed E-state index contributed by atoms with van der Waals surface area (Å²) in [4.78, 5) is 30.8. The molecule has 3 aromatic heterocycles. The van der Waals surface area contributed by atoms with E-state index in [-0.39, 0.29) is 48.0 Å². The number of anilines is 1. The predicted molar refractivity (Wildman–Crippen MR) is 162 cm³/mol. The van der Waals surface area contributed by atoms with Crippen LogP contribution in [0.4, 0.5) is 19.4 Å². The SMILES string of the molecule is Cc1cc2[nH]ncc2c2c1CCOC(=O)OC1CC3(CCCN(C3)c3nc(OC[C@@H]4C[C@@H](F)CN4C)nc4c(F)c-2ncc34)C1. The lowest BCUT2D eigenvalue weighted by atomic mass is 9.62. The van der Waals surface area contributed by atoms with Crippen molar-refractivity contribution in [1.82, 2.24) is 30.0 Å². The minimum absolute atomic E-state index is 0.0496. The highest BCUT2D eigenvalue weighted by atomic mass is 19.1. The molecule has 4 aromatic rings. The molecule has 1 aromatic carbocycles. The van der Waals surface area contributed by atoms with Gasteiger partial charge < -0.3 is 19.1 Å². The number of piperidine rings is 1. The Morgan fingerprint density at radius 2 is 2.09 bits per heavy atom. The van der Waals surface area contributed by atoms with Crippen LogP contribution in [0.15, 0.2) is 18.5 Å². The van der Waals surface area contributed by atoms with Crippen molar-refractivity contribution in [2.24, 2.45) is 5.41 Å². The Hall–Kier alpha value is -4.13. The third kappa shape index (κ3) is 4.91. The molecule has 13 heteroatoms. The Balaban J connectivity index is 1.29. The zero-order chi connectivity index (χ0) is 30.9. The van der Waals surface area contributed by atoms with Gasteiger partial charge >= 0.3 is 12.2 Å². The fourth-order valence-electron chi connectivity index (χ4n) is 7.86. The fraction of sp³-hybridized carbons (Fsp3) is 0.531. The van der Waals surface area contributed by atoms with Gasteiger partial charge in [-0.1, -0.05) is 0 Å². The number of hydrogen-bond acceptors (Lipinski definition) is 10. The molecule has 1 spiro atoms. The van der Waals surface area contributed by atoms with Gasteiger partial charge in [0.15, 0.2) is 5.82 Å². The molecule has 1 saturated carbocycles. The Morgan fingerprint density at radius 3 is 2.91 bits per heavy atom. The lowest BCUT2D eigenvalue weighted by molar-refractivity contribution is -0.0717. The predicted octanol–water partition coefficient (Wildman–Crippen LogP) is 4.89. The van der Waals surface area contributed by atoms with Crippen LogP contribution in [-0.2, 0) is 15.9 Å². The number of aromatic amines is 1. The quantitative estimate of drug-likeness (QED) is 0.318. The molecule has 2 atom stereocenters. The highest BCUT2D eigenvalue weighted by Crippen LogP contribution is 2.50. The maximum atomic E-state index is 16.9. The second-order valence-corrected chi connectivity index (χ2v) is 13.2. The Labute approximate surface area is 258 Å². The number of carbonyl (C=O) groups excluding carboxylic acids is 1. The number of aryl methyl sites for hydroxylation is 1. The molecule has 1 N–H and O–H groups in total. The zero-order valence-electron chi connectivity index (χ0n) is 25.3. The van der Waals surface area contributed by atoms with E-state index in [0.29, 0.717) is 48.1 Å². The summed E-state index contributed by atoms with van der Waals surface area (Å²) in [5.41, 5.74) is 3.12. The summed E-state index contributed by atoms with van der Waals surface area (Å²) >= 11 is 0. The maximum Gasteiger partial charge on any atom is 0.508 e. The molecule has 8 heterocycles. The van der Waals surface area contributed by atoms with E-state index in [2.05, 4.69) is 20.1 Å². The molecular weight excluding hydrogens is 584 g/mol. The van der Waals surface area contributed by atoms with Crippen molar-refractivity contribution in [3.05, 3.63) is 35.4 Å². The van der Waals surface area contributed by atoms with Gasteiger partial charge in [-0.05, 0) is 68.7 Å². The lowest BCUT2D eigenvalue weighted by Gasteiger charge is -2.52. The van der Waals surface area contributed by atoms with Crippen molar-refractivity contribution in [1.29, 1.82) is 0 Å². The number of H-pyrrole nitrogens is 1. The smallest absolute Gasteiger partial charge is 0.462 e. The molecule has 0 radical (unpaired) electrons. The number of aromatic nitrogens is 5. The van der Waals surface area contributed by atoms with E-state index >= 15 is 4.39 Å². The normalized spacial score (nSPS) is 26.9. The first-order valence-corrected chi connectivity index (χ1v) is 15.6. The van der Waals surface area contributed by atoms with Crippen LogP contribution in [0.5, 0.6) is 6.01 Å². The van der Waals surface area contributed by atoms with Crippen molar-refractivity contribution < 1.29 is 27.8 Å². The second kappa shape index (κ2) is 10.7. The van der Waals surface area contributed by atoms with Crippen molar-refractivity contribution in [2.75, 3.05) is 44.8 Å². The summed E-state index contributed by atoms with van der Waals surface area (Å²) in [5.74, 6) is -0.0431. The molecule has 3 fully saturated rings. The van der Waals surface area contributed by atoms with E-state index in [4.69, 9.17) is 24.2 Å². The molecule has 10 rings (SSSR count). The first-order chi connectivity index (χ1) is 21.8. The Kier molecular flexibility index (Phi) is 6.77. The molecule has 2 saturated heterocycles. The number of halogens is 2. The average Bonchev–Trinajstić information content (AvgIpc) is 3.60. The van der Waals surface area contributed by atoms with Gasteiger partial charge in [0, 0.05) is 49.2 Å². The van der Waals surface area contributed by atoms with Gasteiger partial charge in [-0.3, -0.25) is 15.0 Å². The highest BCUT2D eigenvalue weighted by molar-refractivity contribution is 5.99. The number of nitrogens with one attached hydrogen (secondary N) is 1. The van der Waals surface area contributed by atoms with Crippen LogP contribution in [0.3, 0.4) is 0 Å². The first kappa shape index (κ1) is 28.4. The number of fused-ring (bicyclic) bond motifs is 1. The summed E-state index contributed by atoms with van der Waals surface area (Å²) in [5, 5.41) is 8.38. The van der Waals surface area contributed by atoms with Crippen LogP contribution in [0.25, 0.3) is 33.1 Å². The summed E-state index contributed by atoms with van der Waals surface area (Å²) in [6.45, 7) is 3.92. The van der Waals surface area contributed by atoms with Crippen molar-refractivity contribution in [2.45, 2.75) is 63.8 Å². The summed E-state index contributed by atoms with van der Waals surface area (Å²) < 4.78 is 48.3. The van der Waals surface area contributed by atoms with Gasteiger partial charge in [0.25, 0.3) is 0 Å². The minimum atomic E-state index is -0.914. The average molecular weight is 620 g/mol. The van der Waals surface area contributed by atoms with E-state index in [9.17, 15) is 9.18 Å². The highest BCUT2D eigenvalue weighted by Gasteiger charge is 2.49. The Morgan fingerprint density at radius 1 is 1.22 bits per heavy atom. The van der Waals surface area contributed by atoms with Crippen LogP contribution in [0.1, 0.15) is 43.2 Å². The van der Waals surface area contributed by atoms with Crippen molar-refractivity contribution >= 4 is 33.8 Å². The van der Waals surface area contributed by atoms with Gasteiger partial charge in [-0.25, -0.2) is 13.6 Å². The number of pyridine rings is 1. The van der Waals surface area contributed by atoms with E-state index in [1.807, 2.05) is 24.9 Å². The summed E-state index contributed by atoms with van der Waals surface area (Å²) in [6, 6.07) is 1.86. The van der Waals surface area contributed by atoms with Crippen LogP contribution >= 0.6 is 0 Å². The number of nitrogens with zero attached hydrogens (tertiary/aromatic N) is 6. The molecule has 0 amide bonds. The van der Waals surface area contributed by atoms with Crippen LogP contribution < -0.4 is 9.64 Å². The number of benzene rings is 1. The standard InChI is InChI=1S/C32H35F2N7O4/c1-17-8-24-22(13-36-39-24)25-21(17)4-7-43-31(42)45-20-10-32(11-20)5-3-6-41(16-32)29-23-12-35-28(25)26(34)27(23)37-30(38-29)44-15-19-9-18(33)14-40(19)2/h8,12-13,18-20H,3-7,9-11,14-16H2,1-2H3,(H,36,39)/t18-,19+,20?,32?/m1/s1. The molecule has 0 unspecified atom stereocenters. The second-order valence-electron chi connectivity index (χ2n) is 13.2. The van der Waals surface area contributed by atoms with Crippen molar-refractivity contribution in [3.63, 3.8) is 0 Å². The molecule has 5 aliphatic heterocycles. The monoisotopic (exact) mass is 619 g/mol. The number of alkyl halides is 1. The molecule has 45 heavy (non-hydrogen) atoms. The molecule has 1 aliphatic carbocycles. The van der Waals surface area contributed by atoms with Gasteiger partial charge in [-0.2, -0.15) is 15.1 Å². The number of likely N-dealkylation sites (N-methyl/N-ethyl adjacent to an activating group) is 1. The molecule has 236 valence electrons. The Bertz CT molecular complexity index is 1810. The van der Waals surface area contributed by atoms with Crippen LogP contribution in [0, 0.1) is 18.2 Å². The van der Waals surface area contributed by atoms with Crippen LogP contribution in [-0.4, -0.2) is 94.4 Å². The van der Waals surface area contributed by atoms with Gasteiger partial charge in [-0.15, -0.1) is 0 Å². The van der Waals surface area contributed by atoms with E-state index in [0.717, 1.165) is 48.9 Å². The van der Waals surface area contributed by atoms with Crippen LogP contribution in [0.2, 0.25) is 0 Å². The molecular formula is C32H35F2N7O4. The number of ether oxygens (including phenoxy) is 3. The summed E-state index contributed by atoms with van der Waals surface area (Å²) in [7, 11) is 1.87. The number of hydrogen-bond donors (Lipinski definition) is 1. The lowest BCUT2D eigenvalue weighted by Crippen LogP contribution is -2.53. The zero-order valence-corrected chi connectivity index (χ0v) is 25.3. The third-order valence-corrected chi connectivity index (χ3v) is 10.1. The first-order valence-electron chi connectivity index (χ1n) is 15.6.